The average molecular weight is 472 g/mol. The zero-order chi connectivity index (χ0) is 23.5. The summed E-state index contributed by atoms with van der Waals surface area (Å²) in [5, 5.41) is 5.13. The maximum absolute atomic E-state index is 12.8. The molecule has 0 unspecified atom stereocenters. The number of para-hydroxylation sites is 1. The molecule has 5 heteroatoms. The number of carbonyl (C=O) groups is 1. The van der Waals surface area contributed by atoms with Crippen molar-refractivity contribution in [2.24, 2.45) is 5.92 Å². The van der Waals surface area contributed by atoms with Gasteiger partial charge in [0.1, 0.15) is 0 Å². The van der Waals surface area contributed by atoms with Gasteiger partial charge in [0, 0.05) is 40.9 Å². The van der Waals surface area contributed by atoms with Crippen molar-refractivity contribution in [2.45, 2.75) is 32.9 Å². The smallest absolute Gasteiger partial charge is 0.227 e. The lowest BCUT2D eigenvalue weighted by atomic mass is 9.95. The van der Waals surface area contributed by atoms with Crippen LogP contribution in [0.15, 0.2) is 78.9 Å². The number of amides is 1. The fraction of sp³-hybridized carbons (Fsp3) is 0.276. The van der Waals surface area contributed by atoms with Gasteiger partial charge in [-0.1, -0.05) is 65.7 Å². The van der Waals surface area contributed by atoms with Crippen molar-refractivity contribution >= 4 is 34.1 Å². The molecule has 5 rings (SSSR count). The topological polar surface area (TPSA) is 37.3 Å². The van der Waals surface area contributed by atoms with E-state index in [-0.39, 0.29) is 11.8 Å². The van der Waals surface area contributed by atoms with Gasteiger partial charge in [-0.05, 0) is 74.1 Å². The molecule has 1 aliphatic heterocycles. The molecular weight excluding hydrogens is 442 g/mol. The predicted octanol–water partition coefficient (Wildman–Crippen LogP) is 6.50. The van der Waals surface area contributed by atoms with Gasteiger partial charge in [0.15, 0.2) is 0 Å². The summed E-state index contributed by atoms with van der Waals surface area (Å²) in [6, 6.07) is 26.9. The third-order valence-electron chi connectivity index (χ3n) is 6.85. The van der Waals surface area contributed by atoms with Crippen molar-refractivity contribution in [3.8, 4) is 0 Å². The SMILES string of the molecule is Cc1ccc(NC(=O)C2CCN(Cc3cc4ccccc4n3Cc3ccccc3Cl)CC2)cc1. The van der Waals surface area contributed by atoms with Crippen molar-refractivity contribution < 1.29 is 4.79 Å². The highest BCUT2D eigenvalue weighted by Gasteiger charge is 2.26. The Morgan fingerprint density at radius 3 is 2.41 bits per heavy atom. The summed E-state index contributed by atoms with van der Waals surface area (Å²) in [7, 11) is 0. The number of carbonyl (C=O) groups excluding carboxylic acids is 1. The summed E-state index contributed by atoms with van der Waals surface area (Å²) in [6.07, 6.45) is 1.75. The Morgan fingerprint density at radius 2 is 1.65 bits per heavy atom. The van der Waals surface area contributed by atoms with E-state index in [4.69, 9.17) is 11.6 Å². The maximum atomic E-state index is 12.8. The van der Waals surface area contributed by atoms with Crippen LogP contribution in [0.1, 0.15) is 29.7 Å². The average Bonchev–Trinajstić information content (AvgIpc) is 3.19. The second kappa shape index (κ2) is 10.0. The van der Waals surface area contributed by atoms with Crippen molar-refractivity contribution in [1.29, 1.82) is 0 Å². The molecule has 0 radical (unpaired) electrons. The minimum Gasteiger partial charge on any atom is -0.339 e. The van der Waals surface area contributed by atoms with E-state index in [1.165, 1.54) is 22.2 Å². The lowest BCUT2D eigenvalue weighted by Gasteiger charge is -2.31. The summed E-state index contributed by atoms with van der Waals surface area (Å²) in [5.74, 6) is 0.197. The summed E-state index contributed by atoms with van der Waals surface area (Å²) < 4.78 is 2.38. The van der Waals surface area contributed by atoms with Gasteiger partial charge in [-0.15, -0.1) is 0 Å². The number of nitrogens with one attached hydrogen (secondary N) is 1. The molecular formula is C29H30ClN3O. The van der Waals surface area contributed by atoms with E-state index in [1.54, 1.807) is 0 Å². The summed E-state index contributed by atoms with van der Waals surface area (Å²) >= 11 is 6.49. The van der Waals surface area contributed by atoms with Crippen molar-refractivity contribution in [3.05, 3.63) is 101 Å². The summed E-state index contributed by atoms with van der Waals surface area (Å²) in [4.78, 5) is 15.2. The highest BCUT2D eigenvalue weighted by atomic mass is 35.5. The Morgan fingerprint density at radius 1 is 0.941 bits per heavy atom. The molecule has 1 fully saturated rings. The first-order valence-electron chi connectivity index (χ1n) is 12.0. The molecule has 1 amide bonds. The number of piperidine rings is 1. The molecule has 34 heavy (non-hydrogen) atoms. The zero-order valence-corrected chi connectivity index (χ0v) is 20.3. The second-order valence-electron chi connectivity index (χ2n) is 9.28. The number of likely N-dealkylation sites (tertiary alicyclic amines) is 1. The Balaban J connectivity index is 1.26. The Bertz CT molecular complexity index is 1290. The van der Waals surface area contributed by atoms with Crippen molar-refractivity contribution in [2.75, 3.05) is 18.4 Å². The molecule has 0 atom stereocenters. The van der Waals surface area contributed by atoms with Gasteiger partial charge in [0.2, 0.25) is 5.91 Å². The third-order valence-corrected chi connectivity index (χ3v) is 7.21. The lowest BCUT2D eigenvalue weighted by molar-refractivity contribution is -0.121. The quantitative estimate of drug-likeness (QED) is 0.348. The van der Waals surface area contributed by atoms with E-state index in [9.17, 15) is 4.79 Å². The molecule has 0 bridgehead atoms. The number of nitrogens with zero attached hydrogens (tertiary/aromatic N) is 2. The number of halogens is 1. The largest absolute Gasteiger partial charge is 0.339 e. The maximum Gasteiger partial charge on any atom is 0.227 e. The summed E-state index contributed by atoms with van der Waals surface area (Å²) in [5.41, 5.74) is 5.70. The molecule has 3 aromatic carbocycles. The van der Waals surface area contributed by atoms with Crippen LogP contribution in [-0.2, 0) is 17.9 Å². The summed E-state index contributed by atoms with van der Waals surface area (Å²) in [6.45, 7) is 5.50. The van der Waals surface area contributed by atoms with Crippen LogP contribution in [0.25, 0.3) is 10.9 Å². The van der Waals surface area contributed by atoms with Crippen LogP contribution in [0.2, 0.25) is 5.02 Å². The highest BCUT2D eigenvalue weighted by Crippen LogP contribution is 2.27. The van der Waals surface area contributed by atoms with Crippen LogP contribution in [0.4, 0.5) is 5.69 Å². The molecule has 0 spiro atoms. The number of aromatic nitrogens is 1. The fourth-order valence-corrected chi connectivity index (χ4v) is 5.04. The van der Waals surface area contributed by atoms with E-state index in [0.29, 0.717) is 0 Å². The van der Waals surface area contributed by atoms with Crippen molar-refractivity contribution in [1.82, 2.24) is 9.47 Å². The van der Waals surface area contributed by atoms with Gasteiger partial charge in [-0.3, -0.25) is 9.69 Å². The number of fused-ring (bicyclic) bond motifs is 1. The van der Waals surface area contributed by atoms with Gasteiger partial charge in [0.05, 0.1) is 0 Å². The number of hydrogen-bond donors (Lipinski definition) is 1. The van der Waals surface area contributed by atoms with Crippen LogP contribution < -0.4 is 5.32 Å². The predicted molar refractivity (Wildman–Crippen MR) is 140 cm³/mol. The normalized spacial score (nSPS) is 15.0. The van der Waals surface area contributed by atoms with Crippen LogP contribution >= 0.6 is 11.6 Å². The molecule has 1 aromatic heterocycles. The molecule has 174 valence electrons. The van der Waals surface area contributed by atoms with Gasteiger partial charge in [-0.2, -0.15) is 0 Å². The van der Waals surface area contributed by atoms with E-state index in [0.717, 1.165) is 55.3 Å². The first-order chi connectivity index (χ1) is 16.6. The number of anilines is 1. The highest BCUT2D eigenvalue weighted by molar-refractivity contribution is 6.31. The van der Waals surface area contributed by atoms with Crippen LogP contribution in [0, 0.1) is 12.8 Å². The molecule has 4 nitrogen and oxygen atoms in total. The van der Waals surface area contributed by atoms with Gasteiger partial charge in [-0.25, -0.2) is 0 Å². The standard InChI is InChI=1S/C29H30ClN3O/c1-21-10-12-25(13-11-21)31-29(34)22-14-16-32(17-15-22)20-26-18-23-6-3-5-9-28(23)33(26)19-24-7-2-4-8-27(24)30/h2-13,18,22H,14-17,19-20H2,1H3,(H,31,34). The number of benzene rings is 3. The molecule has 1 saturated heterocycles. The Hall–Kier alpha value is -3.08. The zero-order valence-electron chi connectivity index (χ0n) is 19.5. The van der Waals surface area contributed by atoms with Gasteiger partial charge in [0.25, 0.3) is 0 Å². The van der Waals surface area contributed by atoms with E-state index in [1.807, 2.05) is 42.5 Å². The first kappa shape index (κ1) is 22.7. The molecule has 0 aliphatic carbocycles. The molecule has 0 saturated carbocycles. The fourth-order valence-electron chi connectivity index (χ4n) is 4.85. The Kier molecular flexibility index (Phi) is 6.70. The van der Waals surface area contributed by atoms with E-state index in [2.05, 4.69) is 58.1 Å². The third kappa shape index (κ3) is 5.03. The number of aryl methyl sites for hydroxylation is 1. The van der Waals surface area contributed by atoms with Crippen LogP contribution in [0.3, 0.4) is 0 Å². The molecule has 1 N–H and O–H groups in total. The van der Waals surface area contributed by atoms with E-state index < -0.39 is 0 Å². The van der Waals surface area contributed by atoms with Crippen molar-refractivity contribution in [3.63, 3.8) is 0 Å². The Labute approximate surface area is 206 Å². The van der Waals surface area contributed by atoms with Gasteiger partial charge >= 0.3 is 0 Å². The van der Waals surface area contributed by atoms with Crippen LogP contribution in [0.5, 0.6) is 0 Å². The first-order valence-corrected chi connectivity index (χ1v) is 12.3. The number of hydrogen-bond acceptors (Lipinski definition) is 2. The molecule has 4 aromatic rings. The second-order valence-corrected chi connectivity index (χ2v) is 9.68. The monoisotopic (exact) mass is 471 g/mol. The minimum atomic E-state index is 0.0616. The van der Waals surface area contributed by atoms with Crippen LogP contribution in [-0.4, -0.2) is 28.5 Å². The lowest BCUT2D eigenvalue weighted by Crippen LogP contribution is -2.38. The molecule has 2 heterocycles. The molecule has 1 aliphatic rings. The minimum absolute atomic E-state index is 0.0616. The van der Waals surface area contributed by atoms with E-state index >= 15 is 0 Å². The van der Waals surface area contributed by atoms with Gasteiger partial charge < -0.3 is 9.88 Å². The number of rotatable bonds is 6.